The quantitative estimate of drug-likeness (QED) is 0.803. The van der Waals surface area contributed by atoms with Crippen molar-refractivity contribution in [1.82, 2.24) is 14.7 Å². The van der Waals surface area contributed by atoms with E-state index in [-0.39, 0.29) is 5.75 Å². The molecule has 0 saturated carbocycles. The van der Waals surface area contributed by atoms with E-state index < -0.39 is 10.0 Å². The van der Waals surface area contributed by atoms with Gasteiger partial charge in [0.15, 0.2) is 0 Å². The third kappa shape index (κ3) is 4.86. The summed E-state index contributed by atoms with van der Waals surface area (Å²) in [4.78, 5) is 9.91. The average molecular weight is 339 g/mol. The highest BCUT2D eigenvalue weighted by atomic mass is 32.2. The molecule has 0 fully saturated rings. The molecule has 1 N–H and O–H groups in total. The number of aryl methyl sites for hydroxylation is 1. The molecule has 0 atom stereocenters. The molecule has 2 aromatic heterocycles. The Kier molecular flexibility index (Phi) is 6.05. The van der Waals surface area contributed by atoms with Crippen LogP contribution in [0.25, 0.3) is 10.7 Å². The lowest BCUT2D eigenvalue weighted by molar-refractivity contribution is 0.578. The highest BCUT2D eigenvalue weighted by Crippen LogP contribution is 2.26. The smallest absolute Gasteiger partial charge is 0.211 e. The number of aromatic nitrogens is 2. The van der Waals surface area contributed by atoms with E-state index >= 15 is 0 Å². The first-order valence-corrected chi connectivity index (χ1v) is 9.84. The topological polar surface area (TPSA) is 72.0 Å². The predicted molar refractivity (Wildman–Crippen MR) is 90.5 cm³/mol. The minimum atomic E-state index is -3.15. The van der Waals surface area contributed by atoms with E-state index in [1.165, 1.54) is 0 Å². The molecule has 0 saturated heterocycles. The van der Waals surface area contributed by atoms with Gasteiger partial charge in [-0.05, 0) is 31.9 Å². The van der Waals surface area contributed by atoms with Crippen molar-refractivity contribution in [1.29, 1.82) is 0 Å². The summed E-state index contributed by atoms with van der Waals surface area (Å²) in [5.74, 6) is 0.199. The second-order valence-corrected chi connectivity index (χ2v) is 8.07. The van der Waals surface area contributed by atoms with Crippen molar-refractivity contribution >= 4 is 21.4 Å². The van der Waals surface area contributed by atoms with E-state index in [2.05, 4.69) is 14.7 Å². The lowest BCUT2D eigenvalue weighted by Crippen LogP contribution is -2.28. The summed E-state index contributed by atoms with van der Waals surface area (Å²) in [7, 11) is -3.15. The van der Waals surface area contributed by atoms with Crippen LogP contribution in [0.15, 0.2) is 24.4 Å². The molecule has 7 heteroatoms. The van der Waals surface area contributed by atoms with Crippen molar-refractivity contribution < 1.29 is 8.42 Å². The number of unbranched alkanes of at least 4 members (excludes halogenated alkanes) is 1. The van der Waals surface area contributed by atoms with E-state index in [4.69, 9.17) is 0 Å². The summed E-state index contributed by atoms with van der Waals surface area (Å²) in [6, 6.07) is 5.73. The number of hydrogen-bond donors (Lipinski definition) is 1. The Bertz CT molecular complexity index is 697. The van der Waals surface area contributed by atoms with Crippen LogP contribution in [0, 0.1) is 6.92 Å². The minimum Gasteiger partial charge on any atom is -0.254 e. The van der Waals surface area contributed by atoms with Gasteiger partial charge < -0.3 is 0 Å². The molecule has 22 heavy (non-hydrogen) atoms. The molecule has 5 nitrogen and oxygen atoms in total. The van der Waals surface area contributed by atoms with Crippen molar-refractivity contribution in [3.63, 3.8) is 0 Å². The number of rotatable bonds is 8. The van der Waals surface area contributed by atoms with Crippen LogP contribution in [-0.2, 0) is 16.4 Å². The molecule has 0 aromatic carbocycles. The van der Waals surface area contributed by atoms with Gasteiger partial charge in [0, 0.05) is 17.6 Å². The standard InChI is InChI=1S/C15H21N3O2S2/c1-3-4-11-22(19,20)17-10-8-14-12(2)18-15(21-14)13-7-5-6-9-16-13/h5-7,9,17H,3-4,8,10-11H2,1-2H3. The molecule has 0 radical (unpaired) electrons. The Morgan fingerprint density at radius 1 is 1.32 bits per heavy atom. The summed E-state index contributed by atoms with van der Waals surface area (Å²) < 4.78 is 26.2. The Labute approximate surface area is 135 Å². The van der Waals surface area contributed by atoms with Crippen LogP contribution in [0.1, 0.15) is 30.3 Å². The van der Waals surface area contributed by atoms with Crippen LogP contribution in [0.5, 0.6) is 0 Å². The monoisotopic (exact) mass is 339 g/mol. The summed E-state index contributed by atoms with van der Waals surface area (Å²) in [6.07, 6.45) is 3.97. The first-order chi connectivity index (χ1) is 10.5. The lowest BCUT2D eigenvalue weighted by Gasteiger charge is -2.05. The summed E-state index contributed by atoms with van der Waals surface area (Å²) in [5.41, 5.74) is 1.80. The SMILES string of the molecule is CCCCS(=O)(=O)NCCc1sc(-c2ccccn2)nc1C. The van der Waals surface area contributed by atoms with Gasteiger partial charge in [-0.15, -0.1) is 11.3 Å². The summed E-state index contributed by atoms with van der Waals surface area (Å²) in [6.45, 7) is 4.34. The molecule has 2 aromatic rings. The van der Waals surface area contributed by atoms with Gasteiger partial charge in [-0.3, -0.25) is 4.98 Å². The largest absolute Gasteiger partial charge is 0.254 e. The number of pyridine rings is 1. The molecule has 0 aliphatic rings. The third-order valence-corrected chi connectivity index (χ3v) is 5.93. The second kappa shape index (κ2) is 7.80. The average Bonchev–Trinajstić information content (AvgIpc) is 2.87. The van der Waals surface area contributed by atoms with E-state index in [0.29, 0.717) is 19.4 Å². The van der Waals surface area contributed by atoms with E-state index in [9.17, 15) is 8.42 Å². The highest BCUT2D eigenvalue weighted by Gasteiger charge is 2.12. The third-order valence-electron chi connectivity index (χ3n) is 3.22. The maximum Gasteiger partial charge on any atom is 0.211 e. The number of nitrogens with one attached hydrogen (secondary N) is 1. The second-order valence-electron chi connectivity index (χ2n) is 5.06. The molecule has 0 amide bonds. The summed E-state index contributed by atoms with van der Waals surface area (Å²) in [5, 5.41) is 0.877. The molecular formula is C15H21N3O2S2. The fraction of sp³-hybridized carbons (Fsp3) is 0.467. The Balaban J connectivity index is 1.96. The zero-order valence-electron chi connectivity index (χ0n) is 12.9. The van der Waals surface area contributed by atoms with E-state index in [0.717, 1.165) is 27.7 Å². The predicted octanol–water partition coefficient (Wildman–Crippen LogP) is 2.78. The Morgan fingerprint density at radius 3 is 2.82 bits per heavy atom. The minimum absolute atomic E-state index is 0.199. The molecule has 2 rings (SSSR count). The van der Waals surface area contributed by atoms with E-state index in [1.807, 2.05) is 32.0 Å². The van der Waals surface area contributed by atoms with Crippen LogP contribution in [0.4, 0.5) is 0 Å². The Morgan fingerprint density at radius 2 is 2.14 bits per heavy atom. The van der Waals surface area contributed by atoms with Crippen LogP contribution < -0.4 is 4.72 Å². The van der Waals surface area contributed by atoms with Gasteiger partial charge in [-0.1, -0.05) is 19.4 Å². The lowest BCUT2D eigenvalue weighted by atomic mass is 10.3. The fourth-order valence-corrected chi connectivity index (χ4v) is 4.25. The maximum atomic E-state index is 11.8. The van der Waals surface area contributed by atoms with Crippen molar-refractivity contribution in [2.45, 2.75) is 33.1 Å². The molecule has 0 aliphatic heterocycles. The summed E-state index contributed by atoms with van der Waals surface area (Å²) >= 11 is 1.57. The zero-order valence-corrected chi connectivity index (χ0v) is 14.5. The van der Waals surface area contributed by atoms with Crippen LogP contribution >= 0.6 is 11.3 Å². The Hall–Kier alpha value is -1.31. The normalized spacial score (nSPS) is 11.7. The van der Waals surface area contributed by atoms with Crippen molar-refractivity contribution in [3.05, 3.63) is 35.0 Å². The van der Waals surface area contributed by atoms with Gasteiger partial charge in [0.25, 0.3) is 0 Å². The van der Waals surface area contributed by atoms with Gasteiger partial charge >= 0.3 is 0 Å². The zero-order chi connectivity index (χ0) is 16.0. The van der Waals surface area contributed by atoms with Crippen LogP contribution in [0.3, 0.4) is 0 Å². The van der Waals surface area contributed by atoms with Gasteiger partial charge in [0.1, 0.15) is 5.01 Å². The molecule has 0 spiro atoms. The van der Waals surface area contributed by atoms with Crippen molar-refractivity contribution in [2.24, 2.45) is 0 Å². The van der Waals surface area contributed by atoms with Gasteiger partial charge in [0.2, 0.25) is 10.0 Å². The van der Waals surface area contributed by atoms with Crippen molar-refractivity contribution in [2.75, 3.05) is 12.3 Å². The van der Waals surface area contributed by atoms with Gasteiger partial charge in [-0.25, -0.2) is 18.1 Å². The number of thiazole rings is 1. The highest BCUT2D eigenvalue weighted by molar-refractivity contribution is 7.89. The molecule has 0 bridgehead atoms. The first-order valence-electron chi connectivity index (χ1n) is 7.37. The molecule has 0 aliphatic carbocycles. The number of sulfonamides is 1. The number of nitrogens with zero attached hydrogens (tertiary/aromatic N) is 2. The number of hydrogen-bond acceptors (Lipinski definition) is 5. The fourth-order valence-electron chi connectivity index (χ4n) is 1.99. The van der Waals surface area contributed by atoms with Crippen LogP contribution in [-0.4, -0.2) is 30.7 Å². The van der Waals surface area contributed by atoms with Gasteiger partial charge in [-0.2, -0.15) is 0 Å². The molecular weight excluding hydrogens is 318 g/mol. The van der Waals surface area contributed by atoms with Gasteiger partial charge in [0.05, 0.1) is 17.1 Å². The first kappa shape index (κ1) is 17.1. The van der Waals surface area contributed by atoms with Crippen molar-refractivity contribution in [3.8, 4) is 10.7 Å². The van der Waals surface area contributed by atoms with E-state index in [1.54, 1.807) is 17.5 Å². The molecule has 120 valence electrons. The molecule has 2 heterocycles. The maximum absolute atomic E-state index is 11.8. The van der Waals surface area contributed by atoms with Crippen LogP contribution in [0.2, 0.25) is 0 Å². The molecule has 0 unspecified atom stereocenters.